The molecule has 2 heterocycles. The van der Waals surface area contributed by atoms with Crippen LogP contribution in [-0.2, 0) is 14.8 Å². The number of nitrogens with one attached hydrogen (secondary N) is 1. The number of anilines is 1. The molecule has 4 rings (SSSR count). The van der Waals surface area contributed by atoms with Gasteiger partial charge in [-0.05, 0) is 49.4 Å². The molecule has 2 aliphatic heterocycles. The zero-order valence-corrected chi connectivity index (χ0v) is 16.3. The highest BCUT2D eigenvalue weighted by Gasteiger charge is 2.37. The average molecular weight is 388 g/mol. The summed E-state index contributed by atoms with van der Waals surface area (Å²) in [6, 6.07) is 10.8. The predicted octanol–water partition coefficient (Wildman–Crippen LogP) is 2.20. The molecule has 0 aliphatic carbocycles. The van der Waals surface area contributed by atoms with Crippen LogP contribution in [0.1, 0.15) is 19.8 Å². The van der Waals surface area contributed by atoms with E-state index in [0.29, 0.717) is 29.6 Å². The van der Waals surface area contributed by atoms with Crippen molar-refractivity contribution >= 4 is 32.4 Å². The third-order valence-corrected chi connectivity index (χ3v) is 7.41. The fraction of sp³-hybridized carbons (Fsp3) is 0.450. The van der Waals surface area contributed by atoms with Crippen LogP contribution in [0.5, 0.6) is 0 Å². The molecule has 27 heavy (non-hydrogen) atoms. The molecule has 1 N–H and O–H groups in total. The number of carbonyl (C=O) groups is 1. The third kappa shape index (κ3) is 3.19. The van der Waals surface area contributed by atoms with Gasteiger partial charge in [-0.3, -0.25) is 9.10 Å². The predicted molar refractivity (Wildman–Crippen MR) is 106 cm³/mol. The van der Waals surface area contributed by atoms with Crippen molar-refractivity contribution in [3.05, 3.63) is 36.4 Å². The monoisotopic (exact) mass is 387 g/mol. The quantitative estimate of drug-likeness (QED) is 0.854. The number of hydrogen-bond acceptors (Lipinski definition) is 4. The SMILES string of the molecule is CCNCC1CCN(C(=O)CN2c3cccc4cccc(c34)S2(=O)=O)CC1. The van der Waals surface area contributed by atoms with Gasteiger partial charge in [0.05, 0.1) is 10.6 Å². The van der Waals surface area contributed by atoms with Crippen LogP contribution in [0.25, 0.3) is 10.8 Å². The number of carbonyl (C=O) groups excluding carboxylic acids is 1. The number of likely N-dealkylation sites (tertiary alicyclic amines) is 1. The van der Waals surface area contributed by atoms with E-state index in [1.807, 2.05) is 18.2 Å². The molecular weight excluding hydrogens is 362 g/mol. The maximum atomic E-state index is 13.0. The summed E-state index contributed by atoms with van der Waals surface area (Å²) in [5.41, 5.74) is 0.610. The standard InChI is InChI=1S/C20H25N3O3S/c1-2-21-13-15-9-11-22(12-10-15)19(24)14-23-17-7-3-5-16-6-4-8-18(20(16)17)27(23,25)26/h3-8,15,21H,2,9-14H2,1H3. The Hall–Kier alpha value is -2.12. The molecule has 144 valence electrons. The van der Waals surface area contributed by atoms with Gasteiger partial charge in [0.25, 0.3) is 10.0 Å². The number of sulfonamides is 1. The second kappa shape index (κ2) is 7.13. The summed E-state index contributed by atoms with van der Waals surface area (Å²) in [6.45, 7) is 5.29. The lowest BCUT2D eigenvalue weighted by atomic mass is 9.97. The number of benzene rings is 2. The molecule has 1 fully saturated rings. The number of piperidine rings is 1. The first-order valence-electron chi connectivity index (χ1n) is 9.55. The summed E-state index contributed by atoms with van der Waals surface area (Å²) < 4.78 is 27.3. The lowest BCUT2D eigenvalue weighted by Crippen LogP contribution is -2.46. The van der Waals surface area contributed by atoms with Gasteiger partial charge in [-0.2, -0.15) is 0 Å². The van der Waals surface area contributed by atoms with Crippen molar-refractivity contribution in [2.24, 2.45) is 5.92 Å². The van der Waals surface area contributed by atoms with E-state index in [1.54, 1.807) is 23.1 Å². The second-order valence-corrected chi connectivity index (χ2v) is 9.11. The Kier molecular flexibility index (Phi) is 4.82. The summed E-state index contributed by atoms with van der Waals surface area (Å²) in [4.78, 5) is 14.9. The van der Waals surface area contributed by atoms with Crippen LogP contribution in [0.2, 0.25) is 0 Å². The minimum atomic E-state index is -3.68. The summed E-state index contributed by atoms with van der Waals surface area (Å²) in [7, 11) is -3.68. The maximum absolute atomic E-state index is 13.0. The Bertz CT molecular complexity index is 960. The van der Waals surface area contributed by atoms with Crippen molar-refractivity contribution in [2.45, 2.75) is 24.7 Å². The normalized spacial score (nSPS) is 19.0. The van der Waals surface area contributed by atoms with E-state index in [2.05, 4.69) is 12.2 Å². The molecule has 0 unspecified atom stereocenters. The zero-order valence-electron chi connectivity index (χ0n) is 15.5. The van der Waals surface area contributed by atoms with Crippen LogP contribution in [0.3, 0.4) is 0 Å². The lowest BCUT2D eigenvalue weighted by molar-refractivity contribution is -0.130. The lowest BCUT2D eigenvalue weighted by Gasteiger charge is -2.33. The van der Waals surface area contributed by atoms with Crippen molar-refractivity contribution in [1.82, 2.24) is 10.2 Å². The Balaban J connectivity index is 1.51. The largest absolute Gasteiger partial charge is 0.341 e. The number of rotatable bonds is 5. The van der Waals surface area contributed by atoms with Crippen LogP contribution in [-0.4, -0.2) is 51.9 Å². The molecule has 1 amide bonds. The smallest absolute Gasteiger partial charge is 0.265 e. The molecule has 6 nitrogen and oxygen atoms in total. The van der Waals surface area contributed by atoms with E-state index in [4.69, 9.17) is 0 Å². The fourth-order valence-corrected chi connectivity index (χ4v) is 5.75. The third-order valence-electron chi connectivity index (χ3n) is 5.61. The van der Waals surface area contributed by atoms with Crippen LogP contribution >= 0.6 is 0 Å². The first-order valence-corrected chi connectivity index (χ1v) is 11.0. The number of amides is 1. The van der Waals surface area contributed by atoms with E-state index in [1.165, 1.54) is 4.31 Å². The minimum Gasteiger partial charge on any atom is -0.341 e. The summed E-state index contributed by atoms with van der Waals surface area (Å²) in [5.74, 6) is 0.466. The number of nitrogens with zero attached hydrogens (tertiary/aromatic N) is 2. The van der Waals surface area contributed by atoms with E-state index in [9.17, 15) is 13.2 Å². The molecule has 0 atom stereocenters. The topological polar surface area (TPSA) is 69.7 Å². The molecule has 0 spiro atoms. The highest BCUT2D eigenvalue weighted by molar-refractivity contribution is 7.93. The van der Waals surface area contributed by atoms with Gasteiger partial charge in [-0.25, -0.2) is 8.42 Å². The van der Waals surface area contributed by atoms with Crippen molar-refractivity contribution in [3.63, 3.8) is 0 Å². The Labute approximate surface area is 160 Å². The summed E-state index contributed by atoms with van der Waals surface area (Å²) in [5, 5.41) is 4.96. The summed E-state index contributed by atoms with van der Waals surface area (Å²) in [6.07, 6.45) is 1.92. The molecule has 1 saturated heterocycles. The second-order valence-electron chi connectivity index (χ2n) is 7.27. The highest BCUT2D eigenvalue weighted by Crippen LogP contribution is 2.41. The zero-order chi connectivity index (χ0) is 19.0. The highest BCUT2D eigenvalue weighted by atomic mass is 32.2. The number of hydrogen-bond donors (Lipinski definition) is 1. The van der Waals surface area contributed by atoms with Gasteiger partial charge in [-0.1, -0.05) is 31.2 Å². The molecule has 2 aliphatic rings. The molecule has 2 aromatic rings. The van der Waals surface area contributed by atoms with Crippen LogP contribution < -0.4 is 9.62 Å². The maximum Gasteiger partial charge on any atom is 0.265 e. The van der Waals surface area contributed by atoms with E-state index in [0.717, 1.165) is 36.7 Å². The van der Waals surface area contributed by atoms with Gasteiger partial charge >= 0.3 is 0 Å². The Morgan fingerprint density at radius 2 is 1.85 bits per heavy atom. The molecule has 7 heteroatoms. The van der Waals surface area contributed by atoms with Crippen molar-refractivity contribution in [2.75, 3.05) is 37.0 Å². The van der Waals surface area contributed by atoms with Gasteiger partial charge in [-0.15, -0.1) is 0 Å². The van der Waals surface area contributed by atoms with Gasteiger partial charge < -0.3 is 10.2 Å². The van der Waals surface area contributed by atoms with E-state index in [-0.39, 0.29) is 12.5 Å². The first kappa shape index (κ1) is 18.3. The first-order chi connectivity index (χ1) is 13.0. The van der Waals surface area contributed by atoms with Crippen LogP contribution in [0.4, 0.5) is 5.69 Å². The Morgan fingerprint density at radius 1 is 1.15 bits per heavy atom. The van der Waals surface area contributed by atoms with Gasteiger partial charge in [0.2, 0.25) is 5.91 Å². The molecule has 0 radical (unpaired) electrons. The van der Waals surface area contributed by atoms with Crippen molar-refractivity contribution in [3.8, 4) is 0 Å². The fourth-order valence-electron chi connectivity index (χ4n) is 4.09. The molecule has 0 bridgehead atoms. The van der Waals surface area contributed by atoms with Gasteiger partial charge in [0.1, 0.15) is 6.54 Å². The molecular formula is C20H25N3O3S. The average Bonchev–Trinajstić information content (AvgIpc) is 2.90. The Morgan fingerprint density at radius 3 is 2.56 bits per heavy atom. The van der Waals surface area contributed by atoms with Crippen molar-refractivity contribution < 1.29 is 13.2 Å². The van der Waals surface area contributed by atoms with Gasteiger partial charge in [0.15, 0.2) is 0 Å². The minimum absolute atomic E-state index is 0.120. The molecule has 2 aromatic carbocycles. The molecule has 0 saturated carbocycles. The van der Waals surface area contributed by atoms with Gasteiger partial charge in [0, 0.05) is 18.5 Å². The molecule has 0 aromatic heterocycles. The van der Waals surface area contributed by atoms with Crippen LogP contribution in [0.15, 0.2) is 41.3 Å². The van der Waals surface area contributed by atoms with E-state index < -0.39 is 10.0 Å². The van der Waals surface area contributed by atoms with E-state index >= 15 is 0 Å². The summed E-state index contributed by atoms with van der Waals surface area (Å²) >= 11 is 0. The van der Waals surface area contributed by atoms with Crippen LogP contribution in [0, 0.1) is 5.92 Å². The van der Waals surface area contributed by atoms with Crippen molar-refractivity contribution in [1.29, 1.82) is 0 Å².